The minimum atomic E-state index is -4.29. The Bertz CT molecular complexity index is 269. The Labute approximate surface area is 139 Å². The van der Waals surface area contributed by atoms with E-state index in [1.807, 2.05) is 0 Å². The van der Waals surface area contributed by atoms with Crippen molar-refractivity contribution in [1.29, 1.82) is 0 Å². The van der Waals surface area contributed by atoms with E-state index in [4.69, 9.17) is 0 Å². The summed E-state index contributed by atoms with van der Waals surface area (Å²) in [5, 5.41) is 9.65. The van der Waals surface area contributed by atoms with Crippen molar-refractivity contribution < 1.29 is 51.7 Å². The van der Waals surface area contributed by atoms with Gasteiger partial charge in [0.15, 0.2) is 0 Å². The minimum absolute atomic E-state index is 0. The fourth-order valence-corrected chi connectivity index (χ4v) is 2.13. The van der Waals surface area contributed by atoms with Crippen LogP contribution in [0.4, 0.5) is 0 Å². The van der Waals surface area contributed by atoms with Gasteiger partial charge in [0.2, 0.25) is 0 Å². The van der Waals surface area contributed by atoms with E-state index in [1.165, 1.54) is 44.9 Å². The molecule has 0 aromatic carbocycles. The van der Waals surface area contributed by atoms with Gasteiger partial charge in [0.1, 0.15) is 0 Å². The zero-order valence-electron chi connectivity index (χ0n) is 12.2. The SMILES string of the molecule is CCCCCCCCCCCCOS(=O)(=O)O[O-].[Na+]. The molecule has 0 spiro atoms. The van der Waals surface area contributed by atoms with Gasteiger partial charge in [0, 0.05) is 0 Å². The van der Waals surface area contributed by atoms with Gasteiger partial charge in [-0.25, -0.2) is 4.18 Å². The first-order valence-corrected chi connectivity index (χ1v) is 8.16. The molecule has 0 aromatic heterocycles. The molecule has 0 saturated heterocycles. The zero-order valence-corrected chi connectivity index (χ0v) is 15.0. The molecule has 0 aliphatic carbocycles. The van der Waals surface area contributed by atoms with Crippen LogP contribution in [0.2, 0.25) is 0 Å². The van der Waals surface area contributed by atoms with E-state index in [2.05, 4.69) is 15.4 Å². The topological polar surface area (TPSA) is 75.7 Å². The molecule has 0 aliphatic rings. The first kappa shape index (κ1) is 22.1. The van der Waals surface area contributed by atoms with Gasteiger partial charge in [-0.3, -0.25) is 0 Å². The maximum Gasteiger partial charge on any atom is 1.00 e. The second-order valence-corrected chi connectivity index (χ2v) is 5.67. The third-order valence-corrected chi connectivity index (χ3v) is 3.43. The van der Waals surface area contributed by atoms with E-state index in [9.17, 15) is 13.7 Å². The third-order valence-electron chi connectivity index (χ3n) is 2.81. The van der Waals surface area contributed by atoms with Crippen molar-refractivity contribution in [3.05, 3.63) is 0 Å². The standard InChI is InChI=1S/C12H26O5S.Na/c1-2-3-4-5-6-7-8-9-10-11-12-16-18(14,15)17-13;/h13H,2-12H2,1H3;/q;+1/p-1. The summed E-state index contributed by atoms with van der Waals surface area (Å²) in [5.41, 5.74) is 0. The number of hydrogen-bond acceptors (Lipinski definition) is 5. The van der Waals surface area contributed by atoms with Crippen molar-refractivity contribution in [3.63, 3.8) is 0 Å². The molecule has 0 rings (SSSR count). The van der Waals surface area contributed by atoms with Gasteiger partial charge in [0.05, 0.1) is 6.61 Å². The molecule has 7 heteroatoms. The van der Waals surface area contributed by atoms with Crippen LogP contribution in [-0.2, 0) is 18.9 Å². The zero-order chi connectivity index (χ0) is 13.7. The minimum Gasteiger partial charge on any atom is -0.705 e. The van der Waals surface area contributed by atoms with Crippen LogP contribution in [0.5, 0.6) is 0 Å². The van der Waals surface area contributed by atoms with E-state index < -0.39 is 10.4 Å². The van der Waals surface area contributed by atoms with Crippen LogP contribution < -0.4 is 34.8 Å². The molecule has 0 bridgehead atoms. The average molecular weight is 304 g/mol. The molecule has 0 heterocycles. The van der Waals surface area contributed by atoms with Crippen LogP contribution in [0.15, 0.2) is 0 Å². The fourth-order valence-electron chi connectivity index (χ4n) is 1.77. The smallest absolute Gasteiger partial charge is 0.705 e. The van der Waals surface area contributed by atoms with Gasteiger partial charge in [-0.05, 0) is 6.42 Å². The van der Waals surface area contributed by atoms with Gasteiger partial charge < -0.3 is 9.59 Å². The Kier molecular flexibility index (Phi) is 17.7. The Morgan fingerprint density at radius 1 is 0.842 bits per heavy atom. The van der Waals surface area contributed by atoms with Gasteiger partial charge in [-0.1, -0.05) is 64.7 Å². The summed E-state index contributed by atoms with van der Waals surface area (Å²) >= 11 is 0. The van der Waals surface area contributed by atoms with Gasteiger partial charge in [0.25, 0.3) is 0 Å². The summed E-state index contributed by atoms with van der Waals surface area (Å²) in [7, 11) is -4.29. The molecule has 0 aliphatic heterocycles. The molecule has 0 radical (unpaired) electrons. The number of rotatable bonds is 13. The van der Waals surface area contributed by atoms with Crippen LogP contribution in [0.1, 0.15) is 71.1 Å². The first-order chi connectivity index (χ1) is 8.62. The van der Waals surface area contributed by atoms with Crippen molar-refractivity contribution in [1.82, 2.24) is 0 Å². The molecule has 0 N–H and O–H groups in total. The van der Waals surface area contributed by atoms with Gasteiger partial charge >= 0.3 is 40.0 Å². The fraction of sp³-hybridized carbons (Fsp3) is 1.00. The Hall–Kier alpha value is 0.830. The maximum atomic E-state index is 10.5. The Balaban J connectivity index is 0. The van der Waals surface area contributed by atoms with Crippen LogP contribution in [-0.4, -0.2) is 15.0 Å². The van der Waals surface area contributed by atoms with Crippen LogP contribution >= 0.6 is 0 Å². The van der Waals surface area contributed by atoms with Crippen LogP contribution in [0.25, 0.3) is 0 Å². The molecule has 110 valence electrons. The molecular formula is C12H25NaO5S. The molecule has 19 heavy (non-hydrogen) atoms. The summed E-state index contributed by atoms with van der Waals surface area (Å²) in [5.74, 6) is 0. The molecule has 0 saturated carbocycles. The van der Waals surface area contributed by atoms with Crippen molar-refractivity contribution in [2.24, 2.45) is 0 Å². The molecule has 0 aromatic rings. The van der Waals surface area contributed by atoms with E-state index in [-0.39, 0.29) is 36.2 Å². The maximum absolute atomic E-state index is 10.5. The van der Waals surface area contributed by atoms with Crippen LogP contribution in [0.3, 0.4) is 0 Å². The van der Waals surface area contributed by atoms with E-state index in [1.54, 1.807) is 0 Å². The summed E-state index contributed by atoms with van der Waals surface area (Å²) in [6.07, 6.45) is 11.6. The average Bonchev–Trinajstić information content (AvgIpc) is 2.36. The van der Waals surface area contributed by atoms with Crippen molar-refractivity contribution >= 4 is 10.4 Å². The van der Waals surface area contributed by atoms with E-state index in [0.717, 1.165) is 12.8 Å². The molecular weight excluding hydrogens is 279 g/mol. The largest absolute Gasteiger partial charge is 1.00 e. The molecule has 5 nitrogen and oxygen atoms in total. The quantitative estimate of drug-likeness (QED) is 0.198. The summed E-state index contributed by atoms with van der Waals surface area (Å²) in [6.45, 7) is 2.24. The summed E-state index contributed by atoms with van der Waals surface area (Å²) in [4.78, 5) is 0. The Morgan fingerprint density at radius 3 is 1.68 bits per heavy atom. The van der Waals surface area contributed by atoms with E-state index >= 15 is 0 Å². The summed E-state index contributed by atoms with van der Waals surface area (Å²) in [6, 6.07) is 0. The molecule has 0 unspecified atom stereocenters. The summed E-state index contributed by atoms with van der Waals surface area (Å²) < 4.78 is 28.2. The molecule has 0 atom stereocenters. The predicted octanol–water partition coefficient (Wildman–Crippen LogP) is -0.535. The number of hydrogen-bond donors (Lipinski definition) is 0. The predicted molar refractivity (Wildman–Crippen MR) is 67.8 cm³/mol. The van der Waals surface area contributed by atoms with Gasteiger partial charge in [-0.2, -0.15) is 8.42 Å². The van der Waals surface area contributed by atoms with Crippen LogP contribution in [0, 0.1) is 0 Å². The van der Waals surface area contributed by atoms with Crippen molar-refractivity contribution in [2.75, 3.05) is 6.61 Å². The van der Waals surface area contributed by atoms with Crippen molar-refractivity contribution in [3.8, 4) is 0 Å². The third kappa shape index (κ3) is 16.8. The number of unbranched alkanes of at least 4 members (excludes halogenated alkanes) is 9. The van der Waals surface area contributed by atoms with Crippen molar-refractivity contribution in [2.45, 2.75) is 71.1 Å². The van der Waals surface area contributed by atoms with E-state index in [0.29, 0.717) is 6.42 Å². The monoisotopic (exact) mass is 304 g/mol. The normalized spacial score (nSPS) is 11.3. The second kappa shape index (κ2) is 15.2. The second-order valence-electron chi connectivity index (χ2n) is 4.48. The molecule has 0 fully saturated rings. The molecule has 0 amide bonds. The van der Waals surface area contributed by atoms with Gasteiger partial charge in [-0.15, -0.1) is 0 Å². The Morgan fingerprint density at radius 2 is 1.26 bits per heavy atom. The first-order valence-electron chi connectivity index (χ1n) is 6.83.